The Bertz CT molecular complexity index is 1960. The van der Waals surface area contributed by atoms with Gasteiger partial charge in [0.25, 0.3) is 5.91 Å². The van der Waals surface area contributed by atoms with Crippen LogP contribution < -0.4 is 15.5 Å². The molecule has 1 saturated heterocycles. The van der Waals surface area contributed by atoms with Crippen LogP contribution in [0.1, 0.15) is 53.2 Å². The van der Waals surface area contributed by atoms with Crippen molar-refractivity contribution in [3.63, 3.8) is 0 Å². The molecule has 12 nitrogen and oxygen atoms in total. The first kappa shape index (κ1) is 33.2. The predicted molar refractivity (Wildman–Crippen MR) is 192 cm³/mol. The minimum Gasteiger partial charge on any atom is -0.376 e. The lowest BCUT2D eigenvalue weighted by atomic mass is 9.85. The summed E-state index contributed by atoms with van der Waals surface area (Å²) in [7, 11) is 5.65. The first-order valence-electron chi connectivity index (χ1n) is 17.2. The Morgan fingerprint density at radius 3 is 2.48 bits per heavy atom. The maximum absolute atomic E-state index is 14.3. The van der Waals surface area contributed by atoms with Crippen LogP contribution in [0, 0.1) is 12.8 Å². The molecule has 258 valence electrons. The zero-order valence-electron chi connectivity index (χ0n) is 28.9. The maximum Gasteiger partial charge on any atom is 0.270 e. The molecule has 7 rings (SSSR count). The Kier molecular flexibility index (Phi) is 9.44. The molecule has 0 spiro atoms. The van der Waals surface area contributed by atoms with E-state index in [2.05, 4.69) is 41.8 Å². The average molecular weight is 674 g/mol. The van der Waals surface area contributed by atoms with Gasteiger partial charge < -0.3 is 20.3 Å². The third-order valence-corrected chi connectivity index (χ3v) is 9.77. The van der Waals surface area contributed by atoms with Gasteiger partial charge in [-0.05, 0) is 73.9 Å². The number of aromatic nitrogens is 6. The zero-order chi connectivity index (χ0) is 34.8. The zero-order valence-corrected chi connectivity index (χ0v) is 28.9. The number of rotatable bonds is 12. The van der Waals surface area contributed by atoms with Crippen LogP contribution in [0.4, 0.5) is 11.5 Å². The smallest absolute Gasteiger partial charge is 0.270 e. The summed E-state index contributed by atoms with van der Waals surface area (Å²) in [5, 5.41) is 14.7. The van der Waals surface area contributed by atoms with Crippen molar-refractivity contribution in [1.82, 2.24) is 34.8 Å². The first-order chi connectivity index (χ1) is 24.2. The lowest BCUT2D eigenvalue weighted by molar-refractivity contribution is -0.118. The van der Waals surface area contributed by atoms with E-state index in [1.54, 1.807) is 25.6 Å². The van der Waals surface area contributed by atoms with Gasteiger partial charge in [-0.25, -0.2) is 9.97 Å². The van der Waals surface area contributed by atoms with Crippen molar-refractivity contribution >= 4 is 23.3 Å². The molecule has 1 saturated carbocycles. The van der Waals surface area contributed by atoms with E-state index in [0.29, 0.717) is 11.4 Å². The highest BCUT2D eigenvalue weighted by molar-refractivity contribution is 6.01. The van der Waals surface area contributed by atoms with E-state index in [9.17, 15) is 9.59 Å². The van der Waals surface area contributed by atoms with Gasteiger partial charge >= 0.3 is 0 Å². The third-order valence-electron chi connectivity index (χ3n) is 9.77. The van der Waals surface area contributed by atoms with E-state index in [4.69, 9.17) is 4.74 Å². The molecule has 0 bridgehead atoms. The maximum atomic E-state index is 14.3. The summed E-state index contributed by atoms with van der Waals surface area (Å²) < 4.78 is 9.19. The summed E-state index contributed by atoms with van der Waals surface area (Å²) in [6.45, 7) is 3.59. The SMILES string of the molecule is Cc1cnn(C)c1-c1ccc(NC(=O)[C@@H](NC(=O)c2ccnn2C)[C@@H](c2cccc(-c3cc(N(C)C[C@@H]4CCCO4)ncn3)c2)C2CC2)cc1. The van der Waals surface area contributed by atoms with Crippen LogP contribution >= 0.6 is 0 Å². The second-order valence-corrected chi connectivity index (χ2v) is 13.4. The molecule has 5 aromatic rings. The summed E-state index contributed by atoms with van der Waals surface area (Å²) in [4.78, 5) is 39.2. The average Bonchev–Trinajstić information content (AvgIpc) is 3.45. The van der Waals surface area contributed by atoms with E-state index in [-0.39, 0.29) is 29.8 Å². The van der Waals surface area contributed by atoms with E-state index < -0.39 is 6.04 Å². The van der Waals surface area contributed by atoms with Crippen LogP contribution in [-0.4, -0.2) is 73.7 Å². The number of ether oxygens (including phenoxy) is 1. The first-order valence-corrected chi connectivity index (χ1v) is 17.2. The van der Waals surface area contributed by atoms with Crippen LogP contribution in [-0.2, 0) is 23.6 Å². The van der Waals surface area contributed by atoms with Crippen LogP contribution in [0.2, 0.25) is 0 Å². The Morgan fingerprint density at radius 2 is 1.80 bits per heavy atom. The van der Waals surface area contributed by atoms with Gasteiger partial charge in [-0.1, -0.05) is 30.3 Å². The molecule has 2 fully saturated rings. The van der Waals surface area contributed by atoms with Crippen molar-refractivity contribution in [2.45, 2.75) is 50.7 Å². The number of nitrogens with zero attached hydrogens (tertiary/aromatic N) is 7. The van der Waals surface area contributed by atoms with Crippen LogP contribution in [0.5, 0.6) is 0 Å². The molecule has 3 aromatic heterocycles. The third kappa shape index (κ3) is 7.16. The number of carbonyl (C=O) groups is 2. The number of carbonyl (C=O) groups excluding carboxylic acids is 2. The summed E-state index contributed by atoms with van der Waals surface area (Å²) >= 11 is 0. The van der Waals surface area contributed by atoms with Gasteiger partial charge in [0, 0.05) is 69.3 Å². The highest BCUT2D eigenvalue weighted by Crippen LogP contribution is 2.45. The monoisotopic (exact) mass is 673 g/mol. The number of hydrogen-bond acceptors (Lipinski definition) is 8. The molecule has 3 atom stereocenters. The number of benzene rings is 2. The van der Waals surface area contributed by atoms with Crippen molar-refractivity contribution in [3.05, 3.63) is 96.2 Å². The lowest BCUT2D eigenvalue weighted by Gasteiger charge is -2.28. The lowest BCUT2D eigenvalue weighted by Crippen LogP contribution is -2.48. The fourth-order valence-electron chi connectivity index (χ4n) is 7.02. The summed E-state index contributed by atoms with van der Waals surface area (Å²) in [5.41, 5.74) is 6.77. The van der Waals surface area contributed by atoms with Gasteiger partial charge in [0.1, 0.15) is 23.9 Å². The van der Waals surface area contributed by atoms with Gasteiger partial charge in [-0.15, -0.1) is 0 Å². The molecule has 2 N–H and O–H groups in total. The summed E-state index contributed by atoms with van der Waals surface area (Å²) in [6, 6.07) is 18.7. The second-order valence-electron chi connectivity index (χ2n) is 13.4. The minimum atomic E-state index is -0.849. The number of anilines is 2. The minimum absolute atomic E-state index is 0.203. The molecular weight excluding hydrogens is 630 g/mol. The molecule has 0 unspecified atom stereocenters. The predicted octanol–water partition coefficient (Wildman–Crippen LogP) is 5.13. The molecule has 2 amide bonds. The van der Waals surface area contributed by atoms with Gasteiger partial charge in [0.2, 0.25) is 5.91 Å². The quantitative estimate of drug-likeness (QED) is 0.186. The molecular formula is C38H43N9O3. The Morgan fingerprint density at radius 1 is 0.980 bits per heavy atom. The fourth-order valence-corrected chi connectivity index (χ4v) is 7.02. The molecule has 2 aliphatic rings. The fraction of sp³-hybridized carbons (Fsp3) is 0.368. The number of nitrogens with one attached hydrogen (secondary N) is 2. The van der Waals surface area contributed by atoms with Gasteiger partial charge in [0.05, 0.1) is 23.7 Å². The number of hydrogen-bond donors (Lipinski definition) is 2. The molecule has 1 aliphatic carbocycles. The summed E-state index contributed by atoms with van der Waals surface area (Å²) in [6.07, 6.45) is 9.27. The Labute approximate surface area is 291 Å². The van der Waals surface area contributed by atoms with Crippen molar-refractivity contribution in [2.75, 3.05) is 30.4 Å². The second kappa shape index (κ2) is 14.2. The molecule has 0 radical (unpaired) electrons. The largest absolute Gasteiger partial charge is 0.376 e. The van der Waals surface area contributed by atoms with Crippen LogP contribution in [0.3, 0.4) is 0 Å². The topological polar surface area (TPSA) is 132 Å². The van der Waals surface area contributed by atoms with Crippen LogP contribution in [0.15, 0.2) is 79.4 Å². The molecule has 4 heterocycles. The van der Waals surface area contributed by atoms with E-state index >= 15 is 0 Å². The van der Waals surface area contributed by atoms with Gasteiger partial charge in [-0.3, -0.25) is 19.0 Å². The molecule has 12 heteroatoms. The van der Waals surface area contributed by atoms with Gasteiger partial charge in [0.15, 0.2) is 0 Å². The van der Waals surface area contributed by atoms with E-state index in [1.807, 2.05) is 80.4 Å². The molecule has 1 aliphatic heterocycles. The number of aryl methyl sites for hydroxylation is 3. The van der Waals surface area contributed by atoms with E-state index in [0.717, 1.165) is 78.3 Å². The van der Waals surface area contributed by atoms with E-state index in [1.165, 1.54) is 4.68 Å². The highest BCUT2D eigenvalue weighted by Gasteiger charge is 2.42. The Balaban J connectivity index is 1.17. The Hall–Kier alpha value is -5.36. The molecule has 50 heavy (non-hydrogen) atoms. The number of amides is 2. The molecule has 2 aromatic carbocycles. The van der Waals surface area contributed by atoms with Crippen molar-refractivity contribution in [1.29, 1.82) is 0 Å². The standard InChI is InChI=1S/C38H43N9O3/c1-24-21-42-47(4)36(24)26-12-14-29(15-13-26)43-38(49)35(44-37(48)32-16-17-41-46(32)3)34(25-10-11-25)28-8-5-7-27(19-28)31-20-33(40-23-39-31)45(2)22-30-9-6-18-50-30/h5,7-8,12-17,19-21,23,25,30,34-35H,6,9-11,18,22H2,1-4H3,(H,43,49)(H,44,48)/t30-,34+,35-/m0/s1. The normalized spacial score (nSPS) is 16.9. The summed E-state index contributed by atoms with van der Waals surface area (Å²) in [5.74, 6) is 0.129. The van der Waals surface area contributed by atoms with Gasteiger partial charge in [-0.2, -0.15) is 10.2 Å². The highest BCUT2D eigenvalue weighted by atomic mass is 16.5. The van der Waals surface area contributed by atoms with Crippen molar-refractivity contribution in [3.8, 4) is 22.5 Å². The number of likely N-dealkylation sites (N-methyl/N-ethyl adjacent to an activating group) is 1. The van der Waals surface area contributed by atoms with Crippen LogP contribution in [0.25, 0.3) is 22.5 Å². The van der Waals surface area contributed by atoms with Crippen molar-refractivity contribution < 1.29 is 14.3 Å². The van der Waals surface area contributed by atoms with Crippen molar-refractivity contribution in [2.24, 2.45) is 20.0 Å².